The molecule has 0 saturated heterocycles. The van der Waals surface area contributed by atoms with Gasteiger partial charge in [-0.05, 0) is 244 Å². The SMILES string of the molecule is CC(C(=O)Nc1nc2c(F)cc(C(C)(C)O)cc2n1C1CCC1)C1(C)CC1.CC(C)(C)n1c(NC(=O)CC2CC(F)(F)C2(C)F)nc2ccc(F)c(F)c21.COc1cc(C#N)cc2c1nc(NC(=O)CC1CC(C)(F)C1(F)F)n2C(C)(C)C.[C-]#[N+]c1cc(OC)c2nc(NC(=O)C34CCC(C3)C4)n(C(C)(C)C)c2c1.[C-]#[N+]c1ccc2nc(NC(=O)CC(C)(C)C)n(C3CCC3)c2c1C(F)(F)F. The Hall–Kier alpha value is -12.0. The van der Waals surface area contributed by atoms with E-state index in [9.17, 15) is 87.0 Å². The van der Waals surface area contributed by atoms with Crippen molar-refractivity contribution in [1.29, 1.82) is 5.26 Å². The molecule has 0 aliphatic heterocycles. The molecule has 5 heterocycles. The summed E-state index contributed by atoms with van der Waals surface area (Å²) in [5.74, 6) is -11.1. The number of fused-ring (bicyclic) bond motifs is 6. The fourth-order valence-electron chi connectivity index (χ4n) is 18.8. The van der Waals surface area contributed by atoms with Gasteiger partial charge in [-0.15, -0.1) is 0 Å². The van der Waals surface area contributed by atoms with Crippen LogP contribution < -0.4 is 36.1 Å². The van der Waals surface area contributed by atoms with Gasteiger partial charge in [0.25, 0.3) is 11.8 Å². The minimum Gasteiger partial charge on any atom is -0.496 e. The standard InChI is InChI=1S/C21H28FN3O2.C20H23F3N4O2.C20H24N4O2.C19H21F3N4O.C18H20F5N3O/c1-12(21(4)8-9-21)18(26)24-19-23-17-15(22)10-13(20(2,3)27)11-16(17)25(19)14-6-5-7-14;1-18(2,3)27-13-6-11(10-24)7-14(29-5)16(13)26-17(27)25-15(28)8-12-9-19(4,21)20(12,22)23;1-19(2,3)24-14-8-13(21-4)9-15(26-5)16(14)22-18(24)23-17(25)20-7-6-12(10-20)11-20;1-18(2,3)10-14(27)25-17-24-13-9-8-12(23-4)15(19(20,21)22)16(13)26(17)11-6-5-7-11;1-16(2,3)26-14-11(6-5-10(19)13(14)20)24-15(26)25-12(27)7-9-8-18(22,23)17(9,4)21/h10-12,14,27H,5-9H2,1-4H3,(H,23,24,26);6-7,12H,8-9H2,1-5H3,(H,25,26,28);8-9,12H,6-7,10-11H2,1-3,5H3,(H,22,23,25);8-9,11H,5-7,10H2,1-3H3,(H,24,25,27);5-6,9H,7-8H2,1-4H3,(H,24,25,27). The number of rotatable bonds is 18. The van der Waals surface area contributed by atoms with Crippen LogP contribution in [-0.2, 0) is 52.4 Å². The molecule has 6 N–H and O–H groups in total. The molecule has 5 aromatic heterocycles. The third-order valence-electron chi connectivity index (χ3n) is 27.4. The first-order valence-corrected chi connectivity index (χ1v) is 45.4. The van der Waals surface area contributed by atoms with Crippen LogP contribution in [0.5, 0.6) is 11.5 Å². The van der Waals surface area contributed by atoms with Gasteiger partial charge in [-0.25, -0.2) is 74.1 Å². The van der Waals surface area contributed by atoms with Gasteiger partial charge in [0.1, 0.15) is 33.6 Å². The van der Waals surface area contributed by atoms with E-state index < -0.39 is 118 Å². The van der Waals surface area contributed by atoms with Gasteiger partial charge in [-0.1, -0.05) is 40.7 Å². The molecule has 26 nitrogen and oxygen atoms in total. The third-order valence-corrected chi connectivity index (χ3v) is 27.4. The number of imidazole rings is 5. The summed E-state index contributed by atoms with van der Waals surface area (Å²) in [6, 6.07) is 16.6. The van der Waals surface area contributed by atoms with Gasteiger partial charge in [0.05, 0.1) is 88.7 Å². The monoisotopic (exact) mass is 1900 g/mol. The van der Waals surface area contributed by atoms with Gasteiger partial charge in [0.15, 0.2) is 34.5 Å². The van der Waals surface area contributed by atoms with E-state index in [1.807, 2.05) is 63.7 Å². The van der Waals surface area contributed by atoms with Crippen LogP contribution in [0.4, 0.5) is 93.8 Å². The average molecular weight is 1900 g/mol. The van der Waals surface area contributed by atoms with Gasteiger partial charge in [0.2, 0.25) is 65.0 Å². The van der Waals surface area contributed by atoms with Crippen molar-refractivity contribution in [3.63, 3.8) is 0 Å². The number of carbonyl (C=O) groups excluding carboxylic acids is 5. The van der Waals surface area contributed by atoms with Gasteiger partial charge in [-0.3, -0.25) is 50.6 Å². The highest BCUT2D eigenvalue weighted by Crippen LogP contribution is 2.61. The summed E-state index contributed by atoms with van der Waals surface area (Å²) >= 11 is 0. The molecule has 0 spiro atoms. The van der Waals surface area contributed by atoms with E-state index in [0.717, 1.165) is 102 Å². The summed E-state index contributed by atoms with van der Waals surface area (Å²) in [5.41, 5.74) is -5.23. The van der Waals surface area contributed by atoms with E-state index in [-0.39, 0.29) is 116 Å². The molecule has 0 radical (unpaired) electrons. The van der Waals surface area contributed by atoms with E-state index >= 15 is 0 Å². The summed E-state index contributed by atoms with van der Waals surface area (Å²) in [4.78, 5) is 91.3. The molecule has 5 atom stereocenters. The second-order valence-electron chi connectivity index (χ2n) is 42.5. The molecule has 10 aromatic rings. The van der Waals surface area contributed by atoms with Crippen LogP contribution in [0.15, 0.2) is 60.7 Å². The lowest BCUT2D eigenvalue weighted by Crippen LogP contribution is -2.60. The average Bonchev–Trinajstić information content (AvgIpc) is 1.59. The highest BCUT2D eigenvalue weighted by Gasteiger charge is 2.68. The lowest BCUT2D eigenvalue weighted by molar-refractivity contribution is -0.248. The Balaban J connectivity index is 0.000000144. The number of hydrogen-bond donors (Lipinski definition) is 6. The van der Waals surface area contributed by atoms with Crippen LogP contribution in [0.25, 0.3) is 64.9 Å². The maximum absolute atomic E-state index is 14.8. The van der Waals surface area contributed by atoms with Gasteiger partial charge < -0.3 is 37.4 Å². The molecular weight excluding hydrogens is 1790 g/mol. The number of ether oxygens (including phenoxy) is 2. The first-order chi connectivity index (χ1) is 62.9. The molecule has 38 heteroatoms. The number of anilines is 5. The second-order valence-corrected chi connectivity index (χ2v) is 42.5. The zero-order valence-corrected chi connectivity index (χ0v) is 79.9. The van der Waals surface area contributed by atoms with Crippen molar-refractivity contribution in [3.05, 3.63) is 118 Å². The summed E-state index contributed by atoms with van der Waals surface area (Å²) in [5, 5.41) is 33.4. The van der Waals surface area contributed by atoms with E-state index in [0.29, 0.717) is 75.1 Å². The van der Waals surface area contributed by atoms with Gasteiger partial charge >= 0.3 is 6.18 Å². The largest absolute Gasteiger partial charge is 0.496 e. The zero-order chi connectivity index (χ0) is 100. The van der Waals surface area contributed by atoms with E-state index in [1.165, 1.54) is 40.5 Å². The molecule has 2 bridgehead atoms. The molecule has 8 aliphatic carbocycles. The minimum atomic E-state index is -4.69. The van der Waals surface area contributed by atoms with Crippen molar-refractivity contribution in [2.45, 2.75) is 297 Å². The molecular formula is C98H116F12N18O8. The van der Waals surface area contributed by atoms with Crippen molar-refractivity contribution < 1.29 is 91.2 Å². The molecule has 136 heavy (non-hydrogen) atoms. The van der Waals surface area contributed by atoms with Crippen molar-refractivity contribution in [3.8, 4) is 17.6 Å². The Labute approximate surface area is 779 Å². The van der Waals surface area contributed by atoms with Crippen LogP contribution in [-0.4, -0.2) is 120 Å². The van der Waals surface area contributed by atoms with Crippen molar-refractivity contribution in [2.24, 2.45) is 39.9 Å². The van der Waals surface area contributed by atoms with E-state index in [1.54, 1.807) is 64.5 Å². The first-order valence-electron chi connectivity index (χ1n) is 45.4. The smallest absolute Gasteiger partial charge is 0.409 e. The fourth-order valence-corrected chi connectivity index (χ4v) is 18.8. The number of carbonyl (C=O) groups is 5. The Morgan fingerprint density at radius 3 is 1.54 bits per heavy atom. The number of aliphatic hydroxyl groups is 1. The van der Waals surface area contributed by atoms with Crippen molar-refractivity contribution in [2.75, 3.05) is 40.8 Å². The molecule has 730 valence electrons. The molecule has 8 aliphatic rings. The summed E-state index contributed by atoms with van der Waals surface area (Å²) in [6.07, 6.45) is 5.13. The minimum absolute atomic E-state index is 0.0568. The third kappa shape index (κ3) is 19.8. The summed E-state index contributed by atoms with van der Waals surface area (Å²) in [6.45, 7) is 46.1. The lowest BCUT2D eigenvalue weighted by atomic mass is 9.67. The van der Waals surface area contributed by atoms with Crippen molar-refractivity contribution >= 4 is 126 Å². The number of nitrogens with zero attached hydrogens (tertiary/aromatic N) is 13. The predicted octanol–water partition coefficient (Wildman–Crippen LogP) is 23.9. The molecule has 5 aromatic carbocycles. The number of amides is 5. The molecule has 18 rings (SSSR count). The van der Waals surface area contributed by atoms with Gasteiger partial charge in [0, 0.05) is 78.2 Å². The Morgan fingerprint density at radius 2 is 1.07 bits per heavy atom. The number of alkyl halides is 9. The molecule has 5 unspecified atom stereocenters. The normalized spacial score (nSPS) is 21.6. The summed E-state index contributed by atoms with van der Waals surface area (Å²) in [7, 11) is 3.01. The Bertz CT molecular complexity index is 6500. The van der Waals surface area contributed by atoms with Gasteiger partial charge in [-0.2, -0.15) is 18.4 Å². The number of hydrogen-bond acceptors (Lipinski definition) is 14. The Morgan fingerprint density at radius 1 is 0.566 bits per heavy atom. The highest BCUT2D eigenvalue weighted by molar-refractivity contribution is 6.00. The maximum atomic E-state index is 14.8. The number of halogens is 12. The number of benzene rings is 5. The van der Waals surface area contributed by atoms with Crippen LogP contribution >= 0.6 is 0 Å². The number of methoxy groups -OCH3 is 2. The Kier molecular flexibility index (Phi) is 27.0. The van der Waals surface area contributed by atoms with Crippen LogP contribution in [0.2, 0.25) is 0 Å². The highest BCUT2D eigenvalue weighted by atomic mass is 19.4. The first kappa shape index (κ1) is 101. The van der Waals surface area contributed by atoms with Crippen LogP contribution in [0, 0.1) is 81.8 Å². The summed E-state index contributed by atoms with van der Waals surface area (Å²) < 4.78 is 185. The zero-order valence-electron chi connectivity index (χ0n) is 79.9. The molecule has 8 saturated carbocycles. The van der Waals surface area contributed by atoms with E-state index in [4.69, 9.17) is 22.6 Å². The molecule has 5 amide bonds. The van der Waals surface area contributed by atoms with Crippen LogP contribution in [0.1, 0.15) is 263 Å². The predicted molar refractivity (Wildman–Crippen MR) is 492 cm³/mol. The number of aromatic nitrogens is 10. The quantitative estimate of drug-likeness (QED) is 0.0344. The number of nitrogens with one attached hydrogen (secondary N) is 5. The lowest BCUT2D eigenvalue weighted by Gasteiger charge is -2.47. The topological polar surface area (TPSA) is 306 Å². The second kappa shape index (κ2) is 36.2. The van der Waals surface area contributed by atoms with Crippen molar-refractivity contribution in [1.82, 2.24) is 47.8 Å². The van der Waals surface area contributed by atoms with Crippen LogP contribution in [0.3, 0.4) is 0 Å². The van der Waals surface area contributed by atoms with E-state index in [2.05, 4.69) is 95.0 Å². The maximum Gasteiger partial charge on any atom is 0.409 e. The fraction of sp³-hybridized carbons (Fsp3) is 0.561. The molecule has 8 fully saturated rings. The number of nitriles is 1.